The van der Waals surface area contributed by atoms with Crippen molar-refractivity contribution >= 4 is 28.2 Å². The molecule has 0 fully saturated rings. The third-order valence-electron chi connectivity index (χ3n) is 4.57. The molecular formula is C18H21N3O5S. The third-order valence-corrected chi connectivity index (χ3v) is 5.78. The molecule has 144 valence electrons. The second kappa shape index (κ2) is 7.51. The van der Waals surface area contributed by atoms with Gasteiger partial charge in [-0.25, -0.2) is 9.59 Å². The van der Waals surface area contributed by atoms with Gasteiger partial charge in [-0.05, 0) is 38.2 Å². The molecule has 0 atom stereocenters. The van der Waals surface area contributed by atoms with Gasteiger partial charge in [-0.3, -0.25) is 14.2 Å². The van der Waals surface area contributed by atoms with Gasteiger partial charge in [0.15, 0.2) is 0 Å². The molecule has 0 unspecified atom stereocenters. The van der Waals surface area contributed by atoms with Gasteiger partial charge in [0.05, 0.1) is 12.2 Å². The number of nitrogens with zero attached hydrogens (tertiary/aromatic N) is 2. The molecule has 0 aromatic carbocycles. The Hall–Kier alpha value is -2.68. The van der Waals surface area contributed by atoms with Crippen LogP contribution in [0.25, 0.3) is 0 Å². The first-order chi connectivity index (χ1) is 12.8. The molecule has 1 aliphatic rings. The van der Waals surface area contributed by atoms with E-state index in [0.29, 0.717) is 10.6 Å². The Morgan fingerprint density at radius 3 is 2.63 bits per heavy atom. The van der Waals surface area contributed by atoms with Crippen LogP contribution in [0.4, 0.5) is 5.00 Å². The highest BCUT2D eigenvalue weighted by molar-refractivity contribution is 7.17. The summed E-state index contributed by atoms with van der Waals surface area (Å²) in [5.74, 6) is -1.13. The van der Waals surface area contributed by atoms with E-state index < -0.39 is 23.1 Å². The first kappa shape index (κ1) is 19.1. The SMILES string of the molecule is CCOC(=O)c1c(NC(=O)c2cn(C)c(=O)n(C)c2=O)sc2c1CCCC2. The Labute approximate surface area is 159 Å². The van der Waals surface area contributed by atoms with E-state index in [0.717, 1.165) is 40.7 Å². The molecular weight excluding hydrogens is 370 g/mol. The van der Waals surface area contributed by atoms with Gasteiger partial charge in [0.2, 0.25) is 0 Å². The van der Waals surface area contributed by atoms with Gasteiger partial charge in [0.25, 0.3) is 11.5 Å². The topological polar surface area (TPSA) is 99.4 Å². The maximum Gasteiger partial charge on any atom is 0.341 e. The van der Waals surface area contributed by atoms with E-state index in [2.05, 4.69) is 5.32 Å². The number of hydrogen-bond acceptors (Lipinski definition) is 6. The van der Waals surface area contributed by atoms with Crippen LogP contribution in [0.15, 0.2) is 15.8 Å². The molecule has 1 aliphatic carbocycles. The average Bonchev–Trinajstić information content (AvgIpc) is 3.00. The fourth-order valence-corrected chi connectivity index (χ4v) is 4.48. The quantitative estimate of drug-likeness (QED) is 0.796. The Balaban J connectivity index is 2.02. The lowest BCUT2D eigenvalue weighted by atomic mass is 9.95. The lowest BCUT2D eigenvalue weighted by Gasteiger charge is -2.12. The zero-order valence-corrected chi connectivity index (χ0v) is 16.3. The first-order valence-electron chi connectivity index (χ1n) is 8.74. The summed E-state index contributed by atoms with van der Waals surface area (Å²) in [4.78, 5) is 50.3. The van der Waals surface area contributed by atoms with Crippen LogP contribution in [-0.2, 0) is 31.7 Å². The Morgan fingerprint density at radius 1 is 1.22 bits per heavy atom. The van der Waals surface area contributed by atoms with Crippen molar-refractivity contribution in [1.82, 2.24) is 9.13 Å². The Bertz CT molecular complexity index is 1030. The van der Waals surface area contributed by atoms with Crippen LogP contribution >= 0.6 is 11.3 Å². The van der Waals surface area contributed by atoms with Crippen molar-refractivity contribution in [2.45, 2.75) is 32.6 Å². The van der Waals surface area contributed by atoms with E-state index in [1.165, 1.54) is 36.2 Å². The fourth-order valence-electron chi connectivity index (χ4n) is 3.21. The van der Waals surface area contributed by atoms with Crippen molar-refractivity contribution < 1.29 is 14.3 Å². The van der Waals surface area contributed by atoms with Crippen molar-refractivity contribution in [2.75, 3.05) is 11.9 Å². The second-order valence-corrected chi connectivity index (χ2v) is 7.50. The number of aryl methyl sites for hydroxylation is 2. The van der Waals surface area contributed by atoms with Crippen LogP contribution in [0.3, 0.4) is 0 Å². The minimum absolute atomic E-state index is 0.166. The van der Waals surface area contributed by atoms with Crippen molar-refractivity contribution in [3.8, 4) is 0 Å². The first-order valence-corrected chi connectivity index (χ1v) is 9.56. The minimum Gasteiger partial charge on any atom is -0.462 e. The summed E-state index contributed by atoms with van der Waals surface area (Å²) in [5, 5.41) is 3.08. The summed E-state index contributed by atoms with van der Waals surface area (Å²) in [6, 6.07) is 0. The van der Waals surface area contributed by atoms with E-state index in [1.54, 1.807) is 6.92 Å². The molecule has 9 heteroatoms. The van der Waals surface area contributed by atoms with E-state index in [-0.39, 0.29) is 12.2 Å². The van der Waals surface area contributed by atoms with Crippen LogP contribution in [-0.4, -0.2) is 27.6 Å². The van der Waals surface area contributed by atoms with E-state index >= 15 is 0 Å². The lowest BCUT2D eigenvalue weighted by molar-refractivity contribution is 0.0526. The minimum atomic E-state index is -0.686. The van der Waals surface area contributed by atoms with Crippen molar-refractivity contribution in [1.29, 1.82) is 0 Å². The monoisotopic (exact) mass is 391 g/mol. The molecule has 1 N–H and O–H groups in total. The van der Waals surface area contributed by atoms with Crippen LogP contribution < -0.4 is 16.6 Å². The van der Waals surface area contributed by atoms with Crippen LogP contribution in [0.1, 0.15) is 50.9 Å². The van der Waals surface area contributed by atoms with Crippen molar-refractivity contribution in [2.24, 2.45) is 14.1 Å². The van der Waals surface area contributed by atoms with Crippen LogP contribution in [0.2, 0.25) is 0 Å². The largest absolute Gasteiger partial charge is 0.462 e. The molecule has 8 nitrogen and oxygen atoms in total. The number of nitrogens with one attached hydrogen (secondary N) is 1. The molecule has 2 aromatic rings. The van der Waals surface area contributed by atoms with E-state index in [1.807, 2.05) is 0 Å². The van der Waals surface area contributed by atoms with Gasteiger partial charge in [-0.2, -0.15) is 0 Å². The molecule has 3 rings (SSSR count). The number of carbonyl (C=O) groups is 2. The van der Waals surface area contributed by atoms with Crippen molar-refractivity contribution in [3.63, 3.8) is 0 Å². The standard InChI is InChI=1S/C18H21N3O5S/c1-4-26-17(24)13-10-7-5-6-8-12(10)27-15(13)19-14(22)11-9-20(2)18(25)21(3)16(11)23/h9H,4-8H2,1-3H3,(H,19,22). The van der Waals surface area contributed by atoms with Crippen LogP contribution in [0.5, 0.6) is 0 Å². The molecule has 0 saturated heterocycles. The number of aromatic nitrogens is 2. The third kappa shape index (κ3) is 3.46. The molecule has 1 amide bonds. The summed E-state index contributed by atoms with van der Waals surface area (Å²) in [5.41, 5.74) is -0.0642. The summed E-state index contributed by atoms with van der Waals surface area (Å²) in [7, 11) is 2.78. The predicted molar refractivity (Wildman–Crippen MR) is 102 cm³/mol. The maximum atomic E-state index is 12.7. The Kier molecular flexibility index (Phi) is 5.31. The van der Waals surface area contributed by atoms with Gasteiger partial charge in [0.1, 0.15) is 10.6 Å². The van der Waals surface area contributed by atoms with E-state index in [9.17, 15) is 19.2 Å². The van der Waals surface area contributed by atoms with Gasteiger partial charge < -0.3 is 14.6 Å². The molecule has 2 heterocycles. The van der Waals surface area contributed by atoms with Crippen molar-refractivity contribution in [3.05, 3.63) is 48.6 Å². The number of ether oxygens (including phenoxy) is 1. The number of esters is 1. The van der Waals surface area contributed by atoms with Gasteiger partial charge >= 0.3 is 11.7 Å². The number of hydrogen-bond donors (Lipinski definition) is 1. The lowest BCUT2D eigenvalue weighted by Crippen LogP contribution is -2.40. The summed E-state index contributed by atoms with van der Waals surface area (Å²) < 4.78 is 7.21. The molecule has 2 aromatic heterocycles. The molecule has 0 saturated carbocycles. The number of fused-ring (bicyclic) bond motifs is 1. The Morgan fingerprint density at radius 2 is 1.93 bits per heavy atom. The number of thiophene rings is 1. The summed E-state index contributed by atoms with van der Waals surface area (Å²) in [6.45, 7) is 1.96. The highest BCUT2D eigenvalue weighted by Crippen LogP contribution is 2.38. The number of amides is 1. The number of rotatable bonds is 4. The average molecular weight is 391 g/mol. The second-order valence-electron chi connectivity index (χ2n) is 6.39. The number of carbonyl (C=O) groups excluding carboxylic acids is 2. The molecule has 27 heavy (non-hydrogen) atoms. The molecule has 0 radical (unpaired) electrons. The summed E-state index contributed by atoms with van der Waals surface area (Å²) >= 11 is 1.35. The highest BCUT2D eigenvalue weighted by atomic mass is 32.1. The predicted octanol–water partition coefficient (Wildman–Crippen LogP) is 1.45. The summed E-state index contributed by atoms with van der Waals surface area (Å²) in [6.07, 6.45) is 4.83. The highest BCUT2D eigenvalue weighted by Gasteiger charge is 2.28. The maximum absolute atomic E-state index is 12.7. The zero-order chi connectivity index (χ0) is 19.7. The number of anilines is 1. The zero-order valence-electron chi connectivity index (χ0n) is 15.5. The molecule has 0 aliphatic heterocycles. The fraction of sp³-hybridized carbons (Fsp3) is 0.444. The van der Waals surface area contributed by atoms with Crippen LogP contribution in [0, 0.1) is 0 Å². The van der Waals surface area contributed by atoms with E-state index in [4.69, 9.17) is 4.74 Å². The van der Waals surface area contributed by atoms with Gasteiger partial charge in [-0.15, -0.1) is 11.3 Å². The van der Waals surface area contributed by atoms with Gasteiger partial charge in [-0.1, -0.05) is 0 Å². The smallest absolute Gasteiger partial charge is 0.341 e. The normalized spacial score (nSPS) is 13.1. The van der Waals surface area contributed by atoms with Gasteiger partial charge in [0, 0.05) is 25.2 Å². The molecule has 0 bridgehead atoms. The molecule has 0 spiro atoms.